The van der Waals surface area contributed by atoms with Gasteiger partial charge in [-0.2, -0.15) is 0 Å². The summed E-state index contributed by atoms with van der Waals surface area (Å²) in [5, 5.41) is 2.80. The van der Waals surface area contributed by atoms with Crippen LogP contribution in [0.3, 0.4) is 0 Å². The monoisotopic (exact) mass is 379 g/mol. The first-order valence-electron chi connectivity index (χ1n) is 8.92. The quantitative estimate of drug-likeness (QED) is 0.843. The van der Waals surface area contributed by atoms with Crippen molar-refractivity contribution in [2.75, 3.05) is 26.0 Å². The average Bonchev–Trinajstić information content (AvgIpc) is 3.24. The molecule has 1 atom stereocenters. The number of amides is 2. The van der Waals surface area contributed by atoms with Crippen LogP contribution in [0.15, 0.2) is 29.2 Å². The molecule has 1 aliphatic heterocycles. The molecule has 1 saturated heterocycles. The fourth-order valence-electron chi connectivity index (χ4n) is 3.64. The van der Waals surface area contributed by atoms with Crippen molar-refractivity contribution in [1.29, 1.82) is 0 Å². The van der Waals surface area contributed by atoms with Gasteiger partial charge in [-0.1, -0.05) is 12.8 Å². The van der Waals surface area contributed by atoms with Crippen LogP contribution in [0.5, 0.6) is 0 Å². The van der Waals surface area contributed by atoms with Crippen LogP contribution in [-0.4, -0.2) is 56.1 Å². The number of nitrogens with one attached hydrogen (secondary N) is 1. The molecule has 0 unspecified atom stereocenters. The fourth-order valence-corrected chi connectivity index (χ4v) is 4.54. The number of carbonyl (C=O) groups is 2. The van der Waals surface area contributed by atoms with Crippen molar-refractivity contribution in [2.45, 2.75) is 43.0 Å². The Bertz CT molecular complexity index is 783. The van der Waals surface area contributed by atoms with Crippen molar-refractivity contribution in [3.63, 3.8) is 0 Å². The van der Waals surface area contributed by atoms with E-state index in [1.807, 2.05) is 4.90 Å². The van der Waals surface area contributed by atoms with Crippen LogP contribution in [0.25, 0.3) is 0 Å². The molecule has 2 amide bonds. The molecular weight excluding hydrogens is 354 g/mol. The Labute approximate surface area is 154 Å². The van der Waals surface area contributed by atoms with Gasteiger partial charge in [-0.15, -0.1) is 0 Å². The highest BCUT2D eigenvalue weighted by atomic mass is 32.2. The number of rotatable bonds is 5. The van der Waals surface area contributed by atoms with E-state index < -0.39 is 10.0 Å². The standard InChI is InChI=1S/C18H25N3O4S/c1-20(2)26(24,25)16-9-7-14(8-10-16)19-18(23)13-11-17(22)21(12-13)15-5-3-4-6-15/h7-10,13,15H,3-6,11-12H2,1-2H3,(H,19,23)/t13-/m0/s1. The summed E-state index contributed by atoms with van der Waals surface area (Å²) >= 11 is 0. The van der Waals surface area contributed by atoms with E-state index in [2.05, 4.69) is 5.32 Å². The molecule has 2 fully saturated rings. The molecule has 1 saturated carbocycles. The van der Waals surface area contributed by atoms with Gasteiger partial charge in [-0.05, 0) is 37.1 Å². The second-order valence-electron chi connectivity index (χ2n) is 7.19. The van der Waals surface area contributed by atoms with Crippen molar-refractivity contribution in [3.8, 4) is 0 Å². The molecule has 1 heterocycles. The van der Waals surface area contributed by atoms with Crippen molar-refractivity contribution in [1.82, 2.24) is 9.21 Å². The molecule has 1 aromatic rings. The predicted octanol–water partition coefficient (Wildman–Crippen LogP) is 1.67. The predicted molar refractivity (Wildman–Crippen MR) is 98.0 cm³/mol. The van der Waals surface area contributed by atoms with Gasteiger partial charge in [0.05, 0.1) is 10.8 Å². The van der Waals surface area contributed by atoms with Crippen LogP contribution in [0, 0.1) is 5.92 Å². The van der Waals surface area contributed by atoms with Gasteiger partial charge >= 0.3 is 0 Å². The van der Waals surface area contributed by atoms with Gasteiger partial charge in [0.15, 0.2) is 0 Å². The summed E-state index contributed by atoms with van der Waals surface area (Å²) in [6.45, 7) is 0.475. The summed E-state index contributed by atoms with van der Waals surface area (Å²) in [5.74, 6) is -0.486. The normalized spacial score (nSPS) is 21.6. The first-order chi connectivity index (χ1) is 12.3. The van der Waals surface area contributed by atoms with E-state index in [9.17, 15) is 18.0 Å². The smallest absolute Gasteiger partial charge is 0.242 e. The zero-order valence-electron chi connectivity index (χ0n) is 15.1. The Balaban J connectivity index is 1.62. The van der Waals surface area contributed by atoms with E-state index in [0.29, 0.717) is 12.2 Å². The van der Waals surface area contributed by atoms with Crippen molar-refractivity contribution in [3.05, 3.63) is 24.3 Å². The summed E-state index contributed by atoms with van der Waals surface area (Å²) < 4.78 is 25.3. The first kappa shape index (κ1) is 18.8. The van der Waals surface area contributed by atoms with Gasteiger partial charge < -0.3 is 10.2 Å². The lowest BCUT2D eigenvalue weighted by Crippen LogP contribution is -2.35. The van der Waals surface area contributed by atoms with E-state index in [0.717, 1.165) is 30.0 Å². The molecule has 8 heteroatoms. The third-order valence-corrected chi connectivity index (χ3v) is 7.02. The lowest BCUT2D eigenvalue weighted by atomic mass is 10.1. The number of nitrogens with zero attached hydrogens (tertiary/aromatic N) is 2. The van der Waals surface area contributed by atoms with Crippen LogP contribution in [0.2, 0.25) is 0 Å². The van der Waals surface area contributed by atoms with E-state index in [4.69, 9.17) is 0 Å². The molecule has 3 rings (SSSR count). The Morgan fingerprint density at radius 3 is 2.35 bits per heavy atom. The maximum absolute atomic E-state index is 12.5. The van der Waals surface area contributed by atoms with E-state index in [1.54, 1.807) is 12.1 Å². The third kappa shape index (κ3) is 3.76. The maximum atomic E-state index is 12.5. The highest BCUT2D eigenvalue weighted by Crippen LogP contribution is 2.30. The number of carbonyl (C=O) groups excluding carboxylic acids is 2. The van der Waals surface area contributed by atoms with Gasteiger partial charge in [0.2, 0.25) is 21.8 Å². The summed E-state index contributed by atoms with van der Waals surface area (Å²) in [7, 11) is -0.552. The Morgan fingerprint density at radius 1 is 1.15 bits per heavy atom. The van der Waals surface area contributed by atoms with Crippen molar-refractivity contribution in [2.24, 2.45) is 5.92 Å². The SMILES string of the molecule is CN(C)S(=O)(=O)c1ccc(NC(=O)[C@H]2CC(=O)N(C3CCCC3)C2)cc1. The summed E-state index contributed by atoms with van der Waals surface area (Å²) in [4.78, 5) is 26.8. The summed E-state index contributed by atoms with van der Waals surface area (Å²) in [6, 6.07) is 6.36. The molecule has 1 aromatic carbocycles. The minimum absolute atomic E-state index is 0.0597. The van der Waals surface area contributed by atoms with Crippen LogP contribution in [-0.2, 0) is 19.6 Å². The number of hydrogen-bond donors (Lipinski definition) is 1. The zero-order valence-corrected chi connectivity index (χ0v) is 16.0. The van der Waals surface area contributed by atoms with Crippen LogP contribution >= 0.6 is 0 Å². The van der Waals surface area contributed by atoms with Crippen LogP contribution < -0.4 is 5.32 Å². The average molecular weight is 379 g/mol. The molecule has 26 heavy (non-hydrogen) atoms. The van der Waals surface area contributed by atoms with Gasteiger partial charge in [0.1, 0.15) is 0 Å². The minimum Gasteiger partial charge on any atom is -0.339 e. The Morgan fingerprint density at radius 2 is 1.77 bits per heavy atom. The molecule has 0 spiro atoms. The molecule has 7 nitrogen and oxygen atoms in total. The molecule has 2 aliphatic rings. The molecule has 142 valence electrons. The number of likely N-dealkylation sites (tertiary alicyclic amines) is 1. The first-order valence-corrected chi connectivity index (χ1v) is 10.4. The number of sulfonamides is 1. The second kappa shape index (κ2) is 7.36. The van der Waals surface area contributed by atoms with E-state index in [1.165, 1.54) is 26.2 Å². The molecular formula is C18H25N3O4S. The molecule has 0 radical (unpaired) electrons. The van der Waals surface area contributed by atoms with Crippen LogP contribution in [0.1, 0.15) is 32.1 Å². The number of anilines is 1. The van der Waals surface area contributed by atoms with Crippen molar-refractivity contribution >= 4 is 27.5 Å². The number of benzene rings is 1. The van der Waals surface area contributed by atoms with Crippen LogP contribution in [0.4, 0.5) is 5.69 Å². The lowest BCUT2D eigenvalue weighted by molar-refractivity contribution is -0.129. The number of hydrogen-bond acceptors (Lipinski definition) is 4. The second-order valence-corrected chi connectivity index (χ2v) is 9.34. The van der Waals surface area contributed by atoms with Crippen molar-refractivity contribution < 1.29 is 18.0 Å². The van der Waals surface area contributed by atoms with E-state index >= 15 is 0 Å². The third-order valence-electron chi connectivity index (χ3n) is 5.20. The molecule has 0 bridgehead atoms. The minimum atomic E-state index is -3.49. The zero-order chi connectivity index (χ0) is 18.9. The van der Waals surface area contributed by atoms with Gasteiger partial charge in [-0.3, -0.25) is 9.59 Å². The Kier molecular flexibility index (Phi) is 5.34. The lowest BCUT2D eigenvalue weighted by Gasteiger charge is -2.23. The largest absolute Gasteiger partial charge is 0.339 e. The fraction of sp³-hybridized carbons (Fsp3) is 0.556. The molecule has 1 N–H and O–H groups in total. The van der Waals surface area contributed by atoms with E-state index in [-0.39, 0.29) is 35.1 Å². The maximum Gasteiger partial charge on any atom is 0.242 e. The highest BCUT2D eigenvalue weighted by Gasteiger charge is 2.38. The van der Waals surface area contributed by atoms with Gasteiger partial charge in [0.25, 0.3) is 0 Å². The summed E-state index contributed by atoms with van der Waals surface area (Å²) in [5.41, 5.74) is 0.527. The van der Waals surface area contributed by atoms with Gasteiger partial charge in [0, 0.05) is 38.8 Å². The Hall–Kier alpha value is -1.93. The highest BCUT2D eigenvalue weighted by molar-refractivity contribution is 7.89. The molecule has 0 aromatic heterocycles. The topological polar surface area (TPSA) is 86.8 Å². The summed E-state index contributed by atoms with van der Waals surface area (Å²) in [6.07, 6.45) is 4.60. The van der Waals surface area contributed by atoms with Gasteiger partial charge in [-0.25, -0.2) is 12.7 Å². The molecule has 1 aliphatic carbocycles.